The van der Waals surface area contributed by atoms with Crippen molar-refractivity contribution in [2.75, 3.05) is 13.9 Å². The Morgan fingerprint density at radius 1 is 1.23 bits per heavy atom. The molecule has 0 aliphatic heterocycles. The molecule has 8 heteroatoms. The zero-order valence-electron chi connectivity index (χ0n) is 6.97. The fraction of sp³-hybridized carbons (Fsp3) is 0.600. The first kappa shape index (κ1) is 12.4. The Kier molecular flexibility index (Phi) is 7.65. The van der Waals surface area contributed by atoms with Crippen molar-refractivity contribution in [3.05, 3.63) is 0 Å². The highest BCUT2D eigenvalue weighted by Crippen LogP contribution is 2.22. The first-order valence-electron chi connectivity index (χ1n) is 3.01. The summed E-state index contributed by atoms with van der Waals surface area (Å²) >= 11 is 1.56. The van der Waals surface area contributed by atoms with E-state index in [1.807, 2.05) is 0 Å². The molecular formula is C5H8O6S2. The largest absolute Gasteiger partial charge is 0.524 e. The van der Waals surface area contributed by atoms with Gasteiger partial charge in [-0.3, -0.25) is 4.79 Å². The van der Waals surface area contributed by atoms with Gasteiger partial charge < -0.3 is 17.8 Å². The van der Waals surface area contributed by atoms with Crippen molar-refractivity contribution >= 4 is 34.3 Å². The maximum absolute atomic E-state index is 10.6. The fourth-order valence-corrected chi connectivity index (χ4v) is 0.858. The zero-order chi connectivity index (χ0) is 10.1. The van der Waals surface area contributed by atoms with E-state index in [1.54, 1.807) is 0 Å². The summed E-state index contributed by atoms with van der Waals surface area (Å²) in [5.74, 6) is -0.535. The number of hydrogen-bond acceptors (Lipinski definition) is 8. The summed E-state index contributed by atoms with van der Waals surface area (Å²) in [7, 11) is 1.42. The molecule has 0 aliphatic carbocycles. The molecule has 0 rings (SSSR count). The molecule has 0 atom stereocenters. The molecule has 0 radical (unpaired) electrons. The van der Waals surface area contributed by atoms with Crippen LogP contribution in [0.3, 0.4) is 0 Å². The van der Waals surface area contributed by atoms with E-state index in [-0.39, 0.29) is 0 Å². The highest BCUT2D eigenvalue weighted by Gasteiger charge is 2.05. The second-order valence-electron chi connectivity index (χ2n) is 1.53. The molecule has 0 aromatic rings. The van der Waals surface area contributed by atoms with Crippen LogP contribution >= 0.6 is 22.1 Å². The molecule has 0 N–H and O–H groups in total. The Hall–Kier alpha value is -0.600. The molecular weight excluding hydrogens is 220 g/mol. The molecule has 0 aliphatic rings. The maximum Gasteiger partial charge on any atom is 0.524 e. The van der Waals surface area contributed by atoms with Crippen molar-refractivity contribution in [3.8, 4) is 0 Å². The number of ether oxygens (including phenoxy) is 2. The smallest absolute Gasteiger partial charge is 0.428 e. The third-order valence-corrected chi connectivity index (χ3v) is 1.81. The maximum atomic E-state index is 10.6. The summed E-state index contributed by atoms with van der Waals surface area (Å²) in [6.45, 7) is 0.747. The first-order chi connectivity index (χ1) is 6.16. The molecule has 0 heterocycles. The van der Waals surface area contributed by atoms with Gasteiger partial charge in [-0.25, -0.2) is 4.79 Å². The molecule has 0 aromatic heterocycles. The predicted molar refractivity (Wildman–Crippen MR) is 46.4 cm³/mol. The highest BCUT2D eigenvalue weighted by atomic mass is 33.1. The second-order valence-corrected chi connectivity index (χ2v) is 3.12. The lowest BCUT2D eigenvalue weighted by molar-refractivity contribution is -0.149. The van der Waals surface area contributed by atoms with E-state index in [9.17, 15) is 9.59 Å². The number of carbonyl (C=O) groups is 2. The van der Waals surface area contributed by atoms with Gasteiger partial charge in [0.25, 0.3) is 0 Å². The van der Waals surface area contributed by atoms with Crippen LogP contribution in [0.25, 0.3) is 0 Å². The minimum Gasteiger partial charge on any atom is -0.428 e. The third-order valence-electron chi connectivity index (χ3n) is 0.637. The predicted octanol–water partition coefficient (Wildman–Crippen LogP) is 1.52. The van der Waals surface area contributed by atoms with Crippen molar-refractivity contribution in [2.24, 2.45) is 0 Å². The van der Waals surface area contributed by atoms with Crippen molar-refractivity contribution in [3.63, 3.8) is 0 Å². The normalized spacial score (nSPS) is 9.08. The first-order valence-corrected chi connectivity index (χ1v) is 5.01. The van der Waals surface area contributed by atoms with Gasteiger partial charge in [0.2, 0.25) is 6.79 Å². The van der Waals surface area contributed by atoms with E-state index < -0.39 is 18.9 Å². The molecule has 0 saturated carbocycles. The summed E-state index contributed by atoms with van der Waals surface area (Å²) < 4.78 is 17.5. The topological polar surface area (TPSA) is 71.1 Å². The fourth-order valence-electron chi connectivity index (χ4n) is 0.254. The summed E-state index contributed by atoms with van der Waals surface area (Å²) in [4.78, 5) is 20.8. The van der Waals surface area contributed by atoms with E-state index in [0.717, 1.165) is 11.1 Å². The van der Waals surface area contributed by atoms with Crippen LogP contribution in [0.4, 0.5) is 4.79 Å². The second kappa shape index (κ2) is 8.02. The van der Waals surface area contributed by atoms with Crippen molar-refractivity contribution in [2.45, 2.75) is 6.92 Å². The van der Waals surface area contributed by atoms with Gasteiger partial charge in [0.1, 0.15) is 11.1 Å². The Bertz CT molecular complexity index is 172. The Labute approximate surface area is 83.0 Å². The van der Waals surface area contributed by atoms with Crippen molar-refractivity contribution in [1.29, 1.82) is 0 Å². The number of carbonyl (C=O) groups excluding carboxylic acids is 2. The molecule has 0 fully saturated rings. The van der Waals surface area contributed by atoms with Crippen LogP contribution < -0.4 is 0 Å². The molecule has 0 bridgehead atoms. The van der Waals surface area contributed by atoms with Crippen LogP contribution in [0.1, 0.15) is 6.92 Å². The van der Waals surface area contributed by atoms with E-state index >= 15 is 0 Å². The average molecular weight is 228 g/mol. The van der Waals surface area contributed by atoms with Gasteiger partial charge >= 0.3 is 12.1 Å². The van der Waals surface area contributed by atoms with E-state index in [4.69, 9.17) is 0 Å². The highest BCUT2D eigenvalue weighted by molar-refractivity contribution is 8.73. The summed E-state index contributed by atoms with van der Waals surface area (Å²) in [6.07, 6.45) is -0.948. The lowest BCUT2D eigenvalue weighted by atomic mass is 10.8. The Balaban J connectivity index is 3.25. The monoisotopic (exact) mass is 228 g/mol. The van der Waals surface area contributed by atoms with Gasteiger partial charge in [0, 0.05) is 6.92 Å². The van der Waals surface area contributed by atoms with E-state index in [0.29, 0.717) is 11.1 Å². The zero-order valence-corrected chi connectivity index (χ0v) is 8.61. The lowest BCUT2D eigenvalue weighted by Gasteiger charge is -2.02. The van der Waals surface area contributed by atoms with Crippen LogP contribution in [0.15, 0.2) is 0 Å². The Morgan fingerprint density at radius 3 is 2.46 bits per heavy atom. The van der Waals surface area contributed by atoms with Gasteiger partial charge in [0.15, 0.2) is 11.1 Å². The molecule has 0 aromatic carbocycles. The van der Waals surface area contributed by atoms with Crippen LogP contribution in [0, 0.1) is 0 Å². The molecule has 0 saturated heterocycles. The summed E-state index contributed by atoms with van der Waals surface area (Å²) in [5.41, 5.74) is 0. The lowest BCUT2D eigenvalue weighted by Crippen LogP contribution is -2.09. The summed E-state index contributed by atoms with van der Waals surface area (Å²) in [5, 5.41) is 0. The van der Waals surface area contributed by atoms with Crippen molar-refractivity contribution < 1.29 is 27.4 Å². The van der Waals surface area contributed by atoms with Gasteiger partial charge in [-0.05, 0) is 0 Å². The van der Waals surface area contributed by atoms with Crippen LogP contribution in [0.5, 0.6) is 0 Å². The van der Waals surface area contributed by atoms with Crippen molar-refractivity contribution in [1.82, 2.24) is 0 Å². The van der Waals surface area contributed by atoms with Crippen LogP contribution in [-0.2, 0) is 22.6 Å². The quantitative estimate of drug-likeness (QED) is 0.230. The van der Waals surface area contributed by atoms with Crippen LogP contribution in [0.2, 0.25) is 0 Å². The van der Waals surface area contributed by atoms with E-state index in [1.165, 1.54) is 14.0 Å². The van der Waals surface area contributed by atoms with Crippen LogP contribution in [-0.4, -0.2) is 26.0 Å². The standard InChI is InChI=1S/C5H8O6S2/c1-4(6)9-3-10-5(7)11-13-12-8-2/h3H2,1-2H3. The molecule has 0 unspecified atom stereocenters. The molecule has 13 heavy (non-hydrogen) atoms. The Morgan fingerprint density at radius 2 is 1.92 bits per heavy atom. The molecule has 0 amide bonds. The SMILES string of the molecule is COSSOC(=O)OCOC(C)=O. The third kappa shape index (κ3) is 9.31. The van der Waals surface area contributed by atoms with Gasteiger partial charge in [-0.2, -0.15) is 0 Å². The molecule has 0 spiro atoms. The van der Waals surface area contributed by atoms with E-state index in [2.05, 4.69) is 17.8 Å². The number of esters is 1. The molecule has 76 valence electrons. The van der Waals surface area contributed by atoms with Gasteiger partial charge in [-0.1, -0.05) is 0 Å². The van der Waals surface area contributed by atoms with Gasteiger partial charge in [-0.15, -0.1) is 0 Å². The average Bonchev–Trinajstić information content (AvgIpc) is 2.04. The summed E-state index contributed by atoms with van der Waals surface area (Å²) in [6, 6.07) is 0. The number of hydrogen-bond donors (Lipinski definition) is 0. The minimum atomic E-state index is -0.948. The molecule has 6 nitrogen and oxygen atoms in total. The minimum absolute atomic E-state index is 0.452. The van der Waals surface area contributed by atoms with Gasteiger partial charge in [0.05, 0.1) is 7.11 Å². The number of rotatable bonds is 5.